The molecule has 0 radical (unpaired) electrons. The van der Waals surface area contributed by atoms with Crippen molar-refractivity contribution in [3.8, 4) is 11.5 Å². The highest BCUT2D eigenvalue weighted by molar-refractivity contribution is 5.75. The van der Waals surface area contributed by atoms with E-state index in [1.165, 1.54) is 22.8 Å². The van der Waals surface area contributed by atoms with Gasteiger partial charge in [-0.3, -0.25) is 19.5 Å². The van der Waals surface area contributed by atoms with Crippen molar-refractivity contribution < 1.29 is 23.3 Å². The van der Waals surface area contributed by atoms with Crippen LogP contribution in [0.1, 0.15) is 37.3 Å². The summed E-state index contributed by atoms with van der Waals surface area (Å²) in [6.07, 6.45) is -0.396. The lowest BCUT2D eigenvalue weighted by Crippen LogP contribution is -2.16. The van der Waals surface area contributed by atoms with E-state index >= 15 is 0 Å². The van der Waals surface area contributed by atoms with Gasteiger partial charge in [0.2, 0.25) is 5.89 Å². The molecule has 0 saturated heterocycles. The molecule has 0 aliphatic rings. The second-order valence-electron chi connectivity index (χ2n) is 7.48. The van der Waals surface area contributed by atoms with Crippen LogP contribution in [-0.2, 0) is 16.1 Å². The summed E-state index contributed by atoms with van der Waals surface area (Å²) in [6.45, 7) is 3.79. The molecule has 0 saturated carbocycles. The highest BCUT2D eigenvalue weighted by Crippen LogP contribution is 2.23. The molecule has 0 aliphatic heterocycles. The maximum atomic E-state index is 12.2. The molecule has 4 aromatic rings. The van der Waals surface area contributed by atoms with Crippen molar-refractivity contribution in [3.05, 3.63) is 74.6 Å². The molecule has 1 unspecified atom stereocenters. The number of rotatable bonds is 8. The summed E-state index contributed by atoms with van der Waals surface area (Å²) in [4.78, 5) is 34.6. The smallest absolute Gasteiger partial charge is 0.419 e. The van der Waals surface area contributed by atoms with Gasteiger partial charge in [-0.05, 0) is 38.5 Å². The lowest BCUT2D eigenvalue weighted by molar-refractivity contribution is -0.384. The highest BCUT2D eigenvalue weighted by atomic mass is 16.6. The van der Waals surface area contributed by atoms with E-state index in [4.69, 9.17) is 13.6 Å². The van der Waals surface area contributed by atoms with E-state index in [0.29, 0.717) is 17.8 Å². The summed E-state index contributed by atoms with van der Waals surface area (Å²) in [7, 11) is 0. The molecule has 11 heteroatoms. The van der Waals surface area contributed by atoms with Crippen LogP contribution in [0.4, 0.5) is 5.69 Å². The number of non-ortho nitro benzene ring substituents is 1. The first kappa shape index (κ1) is 21.9. The Morgan fingerprint density at radius 3 is 2.67 bits per heavy atom. The lowest BCUT2D eigenvalue weighted by Gasteiger charge is -2.09. The van der Waals surface area contributed by atoms with E-state index in [2.05, 4.69) is 10.2 Å². The van der Waals surface area contributed by atoms with Gasteiger partial charge < -0.3 is 13.6 Å². The molecule has 2 aromatic carbocycles. The van der Waals surface area contributed by atoms with Gasteiger partial charge in [0, 0.05) is 24.6 Å². The average molecular weight is 452 g/mol. The Kier molecular flexibility index (Phi) is 6.03. The van der Waals surface area contributed by atoms with Crippen molar-refractivity contribution in [2.45, 2.75) is 39.3 Å². The van der Waals surface area contributed by atoms with Gasteiger partial charge in [-0.15, -0.1) is 10.2 Å². The number of nitrogens with zero attached hydrogens (tertiary/aromatic N) is 4. The molecule has 0 aliphatic carbocycles. The van der Waals surface area contributed by atoms with Crippen molar-refractivity contribution in [2.75, 3.05) is 0 Å². The van der Waals surface area contributed by atoms with Crippen LogP contribution in [0.5, 0.6) is 0 Å². The topological polar surface area (TPSA) is 144 Å². The molecule has 2 heterocycles. The number of benzene rings is 2. The van der Waals surface area contributed by atoms with Crippen molar-refractivity contribution >= 4 is 22.8 Å². The number of aromatic nitrogens is 3. The zero-order chi connectivity index (χ0) is 23.5. The molecule has 170 valence electrons. The van der Waals surface area contributed by atoms with Crippen molar-refractivity contribution in [1.29, 1.82) is 0 Å². The third-order valence-corrected chi connectivity index (χ3v) is 5.02. The number of esters is 1. The van der Waals surface area contributed by atoms with Crippen LogP contribution < -0.4 is 5.76 Å². The molecule has 0 spiro atoms. The van der Waals surface area contributed by atoms with Crippen LogP contribution >= 0.6 is 0 Å². The van der Waals surface area contributed by atoms with E-state index in [9.17, 15) is 19.7 Å². The SMILES string of the molecule is Cc1ccc(-c2nnc(C(C)OC(=O)CCCn3c(=O)oc4cc([N+](=O)[O-])ccc43)o2)cc1. The molecule has 4 rings (SSSR count). The highest BCUT2D eigenvalue weighted by Gasteiger charge is 2.19. The average Bonchev–Trinajstić information content (AvgIpc) is 3.39. The van der Waals surface area contributed by atoms with Gasteiger partial charge in [0.25, 0.3) is 11.6 Å². The normalized spacial score (nSPS) is 12.1. The molecule has 0 amide bonds. The van der Waals surface area contributed by atoms with E-state index in [-0.39, 0.29) is 30.1 Å². The molecule has 1 atom stereocenters. The third-order valence-electron chi connectivity index (χ3n) is 5.02. The fourth-order valence-electron chi connectivity index (χ4n) is 3.28. The van der Waals surface area contributed by atoms with Crippen LogP contribution in [0.2, 0.25) is 0 Å². The number of oxazole rings is 1. The van der Waals surface area contributed by atoms with Gasteiger partial charge in [-0.2, -0.15) is 0 Å². The fraction of sp³-hybridized carbons (Fsp3) is 0.273. The minimum absolute atomic E-state index is 0.0371. The van der Waals surface area contributed by atoms with Gasteiger partial charge in [-0.1, -0.05) is 17.7 Å². The fourth-order valence-corrected chi connectivity index (χ4v) is 3.28. The molecule has 33 heavy (non-hydrogen) atoms. The zero-order valence-corrected chi connectivity index (χ0v) is 17.9. The second kappa shape index (κ2) is 9.07. The van der Waals surface area contributed by atoms with Gasteiger partial charge >= 0.3 is 11.7 Å². The Balaban J connectivity index is 1.33. The van der Waals surface area contributed by atoms with Crippen molar-refractivity contribution in [2.24, 2.45) is 0 Å². The maximum absolute atomic E-state index is 12.2. The van der Waals surface area contributed by atoms with Gasteiger partial charge in [0.15, 0.2) is 11.7 Å². The number of hydrogen-bond donors (Lipinski definition) is 0. The van der Waals surface area contributed by atoms with Gasteiger partial charge in [-0.25, -0.2) is 4.79 Å². The minimum atomic E-state index is -0.734. The van der Waals surface area contributed by atoms with Gasteiger partial charge in [0.05, 0.1) is 16.5 Å². The van der Waals surface area contributed by atoms with E-state index < -0.39 is 22.8 Å². The predicted octanol–water partition coefficient (Wildman–Crippen LogP) is 3.95. The predicted molar refractivity (Wildman–Crippen MR) is 115 cm³/mol. The molecule has 0 bridgehead atoms. The quantitative estimate of drug-likeness (QED) is 0.220. The van der Waals surface area contributed by atoms with E-state index in [0.717, 1.165) is 11.1 Å². The Morgan fingerprint density at radius 1 is 1.18 bits per heavy atom. The molecule has 0 fully saturated rings. The molecule has 11 nitrogen and oxygen atoms in total. The maximum Gasteiger partial charge on any atom is 0.419 e. The first-order chi connectivity index (χ1) is 15.8. The van der Waals surface area contributed by atoms with Crippen LogP contribution in [0.15, 0.2) is 56.1 Å². The van der Waals surface area contributed by atoms with Crippen LogP contribution in [-0.4, -0.2) is 25.7 Å². The van der Waals surface area contributed by atoms with Crippen molar-refractivity contribution in [1.82, 2.24) is 14.8 Å². The van der Waals surface area contributed by atoms with E-state index in [1.54, 1.807) is 6.92 Å². The third kappa shape index (κ3) is 4.81. The summed E-state index contributed by atoms with van der Waals surface area (Å²) in [5.74, 6) is -0.632. The summed E-state index contributed by atoms with van der Waals surface area (Å²) < 4.78 is 17.4. The van der Waals surface area contributed by atoms with E-state index in [1.807, 2.05) is 31.2 Å². The monoisotopic (exact) mass is 452 g/mol. The molecule has 2 aromatic heterocycles. The Morgan fingerprint density at radius 2 is 1.94 bits per heavy atom. The summed E-state index contributed by atoms with van der Waals surface area (Å²) in [5.41, 5.74) is 2.23. The number of carbonyl (C=O) groups excluding carboxylic acids is 1. The largest absolute Gasteiger partial charge is 0.453 e. The van der Waals surface area contributed by atoms with Gasteiger partial charge in [0.1, 0.15) is 0 Å². The Hall–Kier alpha value is -4.28. The first-order valence-electron chi connectivity index (χ1n) is 10.2. The number of ether oxygens (including phenoxy) is 1. The summed E-state index contributed by atoms with van der Waals surface area (Å²) in [5, 5.41) is 18.8. The number of carbonyl (C=O) groups is 1. The number of fused-ring (bicyclic) bond motifs is 1. The zero-order valence-electron chi connectivity index (χ0n) is 17.9. The first-order valence-corrected chi connectivity index (χ1v) is 10.2. The number of nitro groups is 1. The summed E-state index contributed by atoms with van der Waals surface area (Å²) >= 11 is 0. The minimum Gasteiger partial charge on any atom is -0.453 e. The Labute approximate surface area is 186 Å². The second-order valence-corrected chi connectivity index (χ2v) is 7.48. The van der Waals surface area contributed by atoms with Crippen molar-refractivity contribution in [3.63, 3.8) is 0 Å². The number of nitro benzene ring substituents is 1. The van der Waals surface area contributed by atoms with Crippen LogP contribution in [0.25, 0.3) is 22.6 Å². The van der Waals surface area contributed by atoms with Crippen LogP contribution in [0, 0.1) is 17.0 Å². The molecular formula is C22H20N4O7. The summed E-state index contributed by atoms with van der Waals surface area (Å²) in [6, 6.07) is 11.5. The molecule has 0 N–H and O–H groups in total. The lowest BCUT2D eigenvalue weighted by atomic mass is 10.1. The Bertz CT molecular complexity index is 1370. The van der Waals surface area contributed by atoms with Crippen LogP contribution in [0.3, 0.4) is 0 Å². The number of hydrogen-bond acceptors (Lipinski definition) is 9. The number of aryl methyl sites for hydroxylation is 2. The molecular weight excluding hydrogens is 432 g/mol. The standard InChI is InChI=1S/C22H20N4O7/c1-13-5-7-15(8-6-13)21-24-23-20(33-21)14(2)31-19(27)4-3-11-25-17-10-9-16(26(29)30)12-18(17)32-22(25)28/h5-10,12,14H,3-4,11H2,1-2H3.